The van der Waals surface area contributed by atoms with Gasteiger partial charge in [0.15, 0.2) is 21.3 Å². The maximum absolute atomic E-state index is 12.6. The molecule has 146 valence electrons. The average Bonchev–Trinajstić information content (AvgIpc) is 3.39. The molecule has 1 N–H and O–H groups in total. The second-order valence-electron chi connectivity index (χ2n) is 7.06. The van der Waals surface area contributed by atoms with Crippen LogP contribution in [0.3, 0.4) is 0 Å². The molecule has 8 heteroatoms. The van der Waals surface area contributed by atoms with Gasteiger partial charge in [0, 0.05) is 12.6 Å². The number of nitrogens with one attached hydrogen (secondary N) is 1. The molecular formula is C20H21N3O4S. The number of aromatic nitrogens is 2. The maximum atomic E-state index is 12.6. The summed E-state index contributed by atoms with van der Waals surface area (Å²) < 4.78 is 30.9. The summed E-state index contributed by atoms with van der Waals surface area (Å²) in [5.74, 6) is 0.388. The first kappa shape index (κ1) is 18.5. The highest BCUT2D eigenvalue weighted by molar-refractivity contribution is 7.91. The summed E-state index contributed by atoms with van der Waals surface area (Å²) in [5.41, 5.74) is 2.99. The van der Waals surface area contributed by atoms with Gasteiger partial charge in [-0.15, -0.1) is 0 Å². The summed E-state index contributed by atoms with van der Waals surface area (Å²) in [5, 5.41) is 7.28. The van der Waals surface area contributed by atoms with E-state index in [1.165, 1.54) is 6.26 Å². The van der Waals surface area contributed by atoms with Gasteiger partial charge in [-0.25, -0.2) is 8.42 Å². The minimum atomic E-state index is -3.08. The predicted molar refractivity (Wildman–Crippen MR) is 105 cm³/mol. The number of carbonyl (C=O) groups is 1. The second kappa shape index (κ2) is 7.27. The Labute approximate surface area is 163 Å². The Bertz CT molecular complexity index is 1080. The number of rotatable bonds is 5. The van der Waals surface area contributed by atoms with Gasteiger partial charge in [0.2, 0.25) is 0 Å². The molecule has 3 heterocycles. The number of hydrogen-bond donors (Lipinski definition) is 1. The van der Waals surface area contributed by atoms with E-state index in [1.54, 1.807) is 22.9 Å². The summed E-state index contributed by atoms with van der Waals surface area (Å²) in [7, 11) is -3.08. The van der Waals surface area contributed by atoms with Gasteiger partial charge in [0.25, 0.3) is 5.91 Å². The van der Waals surface area contributed by atoms with Crippen molar-refractivity contribution >= 4 is 15.7 Å². The minimum Gasteiger partial charge on any atom is -0.463 e. The van der Waals surface area contributed by atoms with E-state index < -0.39 is 9.84 Å². The lowest BCUT2D eigenvalue weighted by atomic mass is 10.1. The molecule has 2 aromatic heterocycles. The third kappa shape index (κ3) is 3.87. The highest BCUT2D eigenvalue weighted by atomic mass is 32.2. The van der Waals surface area contributed by atoms with Crippen LogP contribution in [0.2, 0.25) is 0 Å². The Balaban J connectivity index is 1.58. The third-order valence-electron chi connectivity index (χ3n) is 4.87. The number of nitrogens with zero attached hydrogens (tertiary/aromatic N) is 2. The molecule has 3 aromatic rings. The smallest absolute Gasteiger partial charge is 0.272 e. The molecule has 1 amide bonds. The molecule has 1 aromatic carbocycles. The number of sulfone groups is 1. The van der Waals surface area contributed by atoms with E-state index in [9.17, 15) is 13.2 Å². The topological polar surface area (TPSA) is 94.2 Å². The summed E-state index contributed by atoms with van der Waals surface area (Å²) in [6, 6.07) is 12.8. The van der Waals surface area contributed by atoms with Gasteiger partial charge >= 0.3 is 0 Å². The van der Waals surface area contributed by atoms with Crippen molar-refractivity contribution in [1.82, 2.24) is 15.1 Å². The van der Waals surface area contributed by atoms with Crippen molar-refractivity contribution in [1.29, 1.82) is 0 Å². The fourth-order valence-electron chi connectivity index (χ4n) is 3.34. The monoisotopic (exact) mass is 399 g/mol. The molecule has 1 unspecified atom stereocenters. The fourth-order valence-corrected chi connectivity index (χ4v) is 5.03. The molecule has 4 rings (SSSR count). The van der Waals surface area contributed by atoms with E-state index in [0.717, 1.165) is 11.1 Å². The van der Waals surface area contributed by atoms with E-state index >= 15 is 0 Å². The number of carbonyl (C=O) groups excluding carboxylic acids is 1. The van der Waals surface area contributed by atoms with Crippen molar-refractivity contribution < 1.29 is 17.6 Å². The summed E-state index contributed by atoms with van der Waals surface area (Å²) >= 11 is 0. The summed E-state index contributed by atoms with van der Waals surface area (Å²) in [4.78, 5) is 12.6. The lowest BCUT2D eigenvalue weighted by Gasteiger charge is -2.11. The zero-order chi connectivity index (χ0) is 19.7. The Hall–Kier alpha value is -2.87. The maximum Gasteiger partial charge on any atom is 0.272 e. The molecule has 1 aliphatic rings. The van der Waals surface area contributed by atoms with Gasteiger partial charge in [-0.05, 0) is 31.0 Å². The number of furan rings is 1. The summed E-state index contributed by atoms with van der Waals surface area (Å²) in [6.45, 7) is 2.40. The molecule has 1 fully saturated rings. The van der Waals surface area contributed by atoms with Gasteiger partial charge in [-0.2, -0.15) is 5.10 Å². The van der Waals surface area contributed by atoms with Crippen molar-refractivity contribution in [3.8, 4) is 11.5 Å². The normalized spacial score (nSPS) is 18.2. The fraction of sp³-hybridized carbons (Fsp3) is 0.300. The third-order valence-corrected chi connectivity index (χ3v) is 6.62. The lowest BCUT2D eigenvalue weighted by Crippen LogP contribution is -2.24. The van der Waals surface area contributed by atoms with Crippen molar-refractivity contribution in [2.24, 2.45) is 0 Å². The first-order valence-corrected chi connectivity index (χ1v) is 10.9. The van der Waals surface area contributed by atoms with Crippen LogP contribution >= 0.6 is 0 Å². The van der Waals surface area contributed by atoms with Crippen LogP contribution in [0.5, 0.6) is 0 Å². The SMILES string of the molecule is Cc1ccc(CNC(=O)c2cc(-c3ccco3)n(C3CCS(=O)(=O)C3)n2)cc1. The van der Waals surface area contributed by atoms with Crippen molar-refractivity contribution in [3.05, 3.63) is 65.5 Å². The van der Waals surface area contributed by atoms with Crippen LogP contribution in [-0.4, -0.2) is 35.6 Å². The molecule has 1 aliphatic heterocycles. The van der Waals surface area contributed by atoms with Crippen LogP contribution in [0.15, 0.2) is 53.1 Å². The molecule has 0 aliphatic carbocycles. The zero-order valence-corrected chi connectivity index (χ0v) is 16.3. The van der Waals surface area contributed by atoms with E-state index in [-0.39, 0.29) is 29.1 Å². The van der Waals surface area contributed by atoms with E-state index in [4.69, 9.17) is 4.42 Å². The van der Waals surface area contributed by atoms with E-state index in [0.29, 0.717) is 24.4 Å². The Morgan fingerprint density at radius 2 is 2.07 bits per heavy atom. The van der Waals surface area contributed by atoms with E-state index in [1.807, 2.05) is 31.2 Å². The molecule has 7 nitrogen and oxygen atoms in total. The van der Waals surface area contributed by atoms with Crippen LogP contribution in [-0.2, 0) is 16.4 Å². The van der Waals surface area contributed by atoms with Gasteiger partial charge in [0.1, 0.15) is 5.69 Å². The number of hydrogen-bond acceptors (Lipinski definition) is 5. The van der Waals surface area contributed by atoms with E-state index in [2.05, 4.69) is 10.4 Å². The van der Waals surface area contributed by atoms with Gasteiger partial charge in [-0.3, -0.25) is 9.48 Å². The summed E-state index contributed by atoms with van der Waals surface area (Å²) in [6.07, 6.45) is 2.01. The molecule has 1 atom stereocenters. The highest BCUT2D eigenvalue weighted by Crippen LogP contribution is 2.30. The largest absolute Gasteiger partial charge is 0.463 e. The number of amides is 1. The first-order chi connectivity index (χ1) is 13.4. The van der Waals surface area contributed by atoms with Gasteiger partial charge in [0.05, 0.1) is 23.8 Å². The van der Waals surface area contributed by atoms with Gasteiger partial charge < -0.3 is 9.73 Å². The Morgan fingerprint density at radius 1 is 1.29 bits per heavy atom. The predicted octanol–water partition coefficient (Wildman–Crippen LogP) is 2.74. The van der Waals surface area contributed by atoms with Crippen LogP contribution < -0.4 is 5.32 Å². The van der Waals surface area contributed by atoms with Crippen LogP contribution in [0.1, 0.15) is 34.1 Å². The van der Waals surface area contributed by atoms with Gasteiger partial charge in [-0.1, -0.05) is 29.8 Å². The van der Waals surface area contributed by atoms with Crippen molar-refractivity contribution in [2.75, 3.05) is 11.5 Å². The standard InChI is InChI=1S/C20H21N3O4S/c1-14-4-6-15(7-5-14)12-21-20(24)17-11-18(19-3-2-9-27-19)23(22-17)16-8-10-28(25,26)13-16/h2-7,9,11,16H,8,10,12-13H2,1H3,(H,21,24). The Morgan fingerprint density at radius 3 is 2.71 bits per heavy atom. The number of aryl methyl sites for hydroxylation is 1. The van der Waals surface area contributed by atoms with Crippen molar-refractivity contribution in [2.45, 2.75) is 25.9 Å². The molecular weight excluding hydrogens is 378 g/mol. The molecule has 0 saturated carbocycles. The van der Waals surface area contributed by atoms with Crippen LogP contribution in [0.25, 0.3) is 11.5 Å². The number of benzene rings is 1. The van der Waals surface area contributed by atoms with Crippen LogP contribution in [0, 0.1) is 6.92 Å². The molecule has 0 spiro atoms. The minimum absolute atomic E-state index is 0.0206. The molecule has 28 heavy (non-hydrogen) atoms. The molecule has 1 saturated heterocycles. The second-order valence-corrected chi connectivity index (χ2v) is 9.29. The quantitative estimate of drug-likeness (QED) is 0.712. The first-order valence-electron chi connectivity index (χ1n) is 9.09. The lowest BCUT2D eigenvalue weighted by molar-refractivity contribution is 0.0945. The van der Waals surface area contributed by atoms with Crippen LogP contribution in [0.4, 0.5) is 0 Å². The zero-order valence-electron chi connectivity index (χ0n) is 15.5. The molecule has 0 bridgehead atoms. The highest BCUT2D eigenvalue weighted by Gasteiger charge is 2.32. The van der Waals surface area contributed by atoms with Crippen molar-refractivity contribution in [3.63, 3.8) is 0 Å². The molecule has 0 radical (unpaired) electrons. The Kier molecular flexibility index (Phi) is 4.80. The average molecular weight is 399 g/mol.